The first-order valence-corrected chi connectivity index (χ1v) is 9.83. The molecule has 4 aromatic heterocycles. The largest absolute Gasteiger partial charge is 0.479 e. The molecule has 1 N–H and O–H groups in total. The molecule has 9 nitrogen and oxygen atoms in total. The molecule has 0 aliphatic rings. The average molecular weight is 467 g/mol. The van der Waals surface area contributed by atoms with Gasteiger partial charge in [-0.25, -0.2) is 13.9 Å². The zero-order chi connectivity index (χ0) is 22.2. The predicted molar refractivity (Wildman–Crippen MR) is 124 cm³/mol. The minimum Gasteiger partial charge on any atom is -0.479 e. The summed E-state index contributed by atoms with van der Waals surface area (Å²) in [6, 6.07) is 8.25. The summed E-state index contributed by atoms with van der Waals surface area (Å²) in [6.07, 6.45) is 6.93. The fourth-order valence-corrected chi connectivity index (χ4v) is 3.47. The topological polar surface area (TPSA) is 95.0 Å². The lowest BCUT2D eigenvalue weighted by Gasteiger charge is -2.10. The van der Waals surface area contributed by atoms with Gasteiger partial charge in [0.2, 0.25) is 11.8 Å². The van der Waals surface area contributed by atoms with Crippen molar-refractivity contribution in [2.75, 3.05) is 12.4 Å². The summed E-state index contributed by atoms with van der Waals surface area (Å²) in [7, 11) is 1.56. The van der Waals surface area contributed by atoms with E-state index >= 15 is 0 Å². The van der Waals surface area contributed by atoms with Crippen molar-refractivity contribution in [2.45, 2.75) is 13.8 Å². The Kier molecular flexibility index (Phi) is 5.93. The highest BCUT2D eigenvalue weighted by molar-refractivity contribution is 5.85. The lowest BCUT2D eigenvalue weighted by atomic mass is 10.1. The first-order chi connectivity index (χ1) is 15.5. The van der Waals surface area contributed by atoms with E-state index in [1.54, 1.807) is 36.4 Å². The molecule has 0 atom stereocenters. The molecule has 168 valence electrons. The number of methoxy groups -OCH3 is 1. The van der Waals surface area contributed by atoms with Crippen LogP contribution in [0.15, 0.2) is 55.2 Å². The van der Waals surface area contributed by atoms with E-state index in [9.17, 15) is 4.39 Å². The number of aromatic nitrogens is 7. The van der Waals surface area contributed by atoms with Crippen LogP contribution in [-0.4, -0.2) is 41.2 Å². The summed E-state index contributed by atoms with van der Waals surface area (Å²) >= 11 is 0. The van der Waals surface area contributed by atoms with Gasteiger partial charge in [0, 0.05) is 24.2 Å². The fraction of sp³-hybridized carbons (Fsp3) is 0.136. The number of halogens is 2. The first-order valence-electron chi connectivity index (χ1n) is 9.83. The molecule has 33 heavy (non-hydrogen) atoms. The van der Waals surface area contributed by atoms with Crippen molar-refractivity contribution in [3.8, 4) is 22.8 Å². The number of rotatable bonds is 5. The van der Waals surface area contributed by atoms with Crippen LogP contribution in [0.1, 0.15) is 11.3 Å². The SMILES string of the molecule is COc1nc(Nc2nc3c(-c4ccc(F)cc4C)nccn3n2)ccc1-n1cnc(C)c1.Cl. The highest BCUT2D eigenvalue weighted by Gasteiger charge is 2.15. The molecule has 0 fully saturated rings. The maximum Gasteiger partial charge on any atom is 0.248 e. The quantitative estimate of drug-likeness (QED) is 0.412. The molecule has 1 aromatic carbocycles. The zero-order valence-electron chi connectivity index (χ0n) is 18.0. The Morgan fingerprint density at radius 2 is 1.91 bits per heavy atom. The summed E-state index contributed by atoms with van der Waals surface area (Å²) in [5, 5.41) is 7.57. The number of ether oxygens (including phenoxy) is 1. The third-order valence-electron chi connectivity index (χ3n) is 4.96. The van der Waals surface area contributed by atoms with Crippen molar-refractivity contribution in [3.63, 3.8) is 0 Å². The number of hydrogen-bond donors (Lipinski definition) is 1. The highest BCUT2D eigenvalue weighted by atomic mass is 35.5. The number of imidazole rings is 1. The maximum absolute atomic E-state index is 13.5. The number of hydrogen-bond acceptors (Lipinski definition) is 7. The van der Waals surface area contributed by atoms with Gasteiger partial charge < -0.3 is 14.6 Å². The third kappa shape index (κ3) is 4.20. The van der Waals surface area contributed by atoms with E-state index in [1.165, 1.54) is 12.1 Å². The number of aryl methyl sites for hydroxylation is 2. The van der Waals surface area contributed by atoms with Gasteiger partial charge in [-0.1, -0.05) is 0 Å². The van der Waals surface area contributed by atoms with Gasteiger partial charge in [-0.05, 0) is 49.7 Å². The van der Waals surface area contributed by atoms with Crippen molar-refractivity contribution >= 4 is 29.8 Å². The molecule has 0 spiro atoms. The molecule has 0 saturated carbocycles. The second-order valence-electron chi connectivity index (χ2n) is 7.21. The Bertz CT molecular complexity index is 1450. The standard InChI is InChI=1S/C22H19FN8O.ClH/c1-13-10-15(23)4-5-16(13)19-20-28-22(29-31(20)9-8-24-19)27-18-7-6-17(21(26-18)32-3)30-11-14(2)25-12-30;/h4-12H,1-3H3,(H,26,27,29);1H. The molecular formula is C22H20ClFN8O. The molecule has 5 aromatic rings. The number of fused-ring (bicyclic) bond motifs is 1. The molecule has 0 aliphatic heterocycles. The molecule has 0 aliphatic carbocycles. The summed E-state index contributed by atoms with van der Waals surface area (Å²) in [6.45, 7) is 3.75. The second kappa shape index (κ2) is 8.83. The van der Waals surface area contributed by atoms with Gasteiger partial charge in [0.1, 0.15) is 23.0 Å². The maximum atomic E-state index is 13.5. The number of benzene rings is 1. The van der Waals surface area contributed by atoms with E-state index in [0.29, 0.717) is 29.0 Å². The minimum absolute atomic E-state index is 0. The Morgan fingerprint density at radius 3 is 2.64 bits per heavy atom. The number of anilines is 2. The van der Waals surface area contributed by atoms with E-state index in [0.717, 1.165) is 22.5 Å². The van der Waals surface area contributed by atoms with Crippen LogP contribution in [-0.2, 0) is 0 Å². The van der Waals surface area contributed by atoms with E-state index in [2.05, 4.69) is 30.4 Å². The second-order valence-corrected chi connectivity index (χ2v) is 7.21. The van der Waals surface area contributed by atoms with Crippen molar-refractivity contribution in [2.24, 2.45) is 0 Å². The van der Waals surface area contributed by atoms with Crippen LogP contribution >= 0.6 is 12.4 Å². The molecule has 0 bridgehead atoms. The molecule has 11 heteroatoms. The third-order valence-corrected chi connectivity index (χ3v) is 4.96. The Balaban J connectivity index is 0.00000259. The normalized spacial score (nSPS) is 10.8. The lowest BCUT2D eigenvalue weighted by Crippen LogP contribution is -2.02. The molecule has 5 rings (SSSR count). The zero-order valence-corrected chi connectivity index (χ0v) is 18.8. The molecular weight excluding hydrogens is 447 g/mol. The fourth-order valence-electron chi connectivity index (χ4n) is 3.47. The molecule has 0 radical (unpaired) electrons. The molecule has 0 amide bonds. The summed E-state index contributed by atoms with van der Waals surface area (Å²) in [5.74, 6) is 1.00. The van der Waals surface area contributed by atoms with Crippen molar-refractivity contribution < 1.29 is 9.13 Å². The summed E-state index contributed by atoms with van der Waals surface area (Å²) in [5.41, 5.74) is 4.36. The Labute approximate surface area is 194 Å². The molecule has 0 saturated heterocycles. The first kappa shape index (κ1) is 22.2. The van der Waals surface area contributed by atoms with Gasteiger partial charge >= 0.3 is 0 Å². The smallest absolute Gasteiger partial charge is 0.248 e. The average Bonchev–Trinajstić information content (AvgIpc) is 3.39. The van der Waals surface area contributed by atoms with Gasteiger partial charge in [-0.15, -0.1) is 17.5 Å². The van der Waals surface area contributed by atoms with Gasteiger partial charge in [0.15, 0.2) is 5.65 Å². The van der Waals surface area contributed by atoms with Crippen LogP contribution in [0.5, 0.6) is 5.88 Å². The van der Waals surface area contributed by atoms with Crippen LogP contribution < -0.4 is 10.1 Å². The van der Waals surface area contributed by atoms with Gasteiger partial charge in [0.05, 0.1) is 19.1 Å². The van der Waals surface area contributed by atoms with Crippen molar-refractivity contribution in [1.82, 2.24) is 34.1 Å². The van der Waals surface area contributed by atoms with Crippen LogP contribution in [0.3, 0.4) is 0 Å². The summed E-state index contributed by atoms with van der Waals surface area (Å²) in [4.78, 5) is 17.8. The Hall–Kier alpha value is -4.05. The minimum atomic E-state index is -0.295. The molecule has 4 heterocycles. The summed E-state index contributed by atoms with van der Waals surface area (Å²) < 4.78 is 22.5. The number of pyridine rings is 1. The van der Waals surface area contributed by atoms with Crippen molar-refractivity contribution in [3.05, 3.63) is 72.3 Å². The Morgan fingerprint density at radius 1 is 1.06 bits per heavy atom. The van der Waals surface area contributed by atoms with E-state index in [1.807, 2.05) is 36.7 Å². The van der Waals surface area contributed by atoms with Crippen molar-refractivity contribution in [1.29, 1.82) is 0 Å². The number of nitrogens with one attached hydrogen (secondary N) is 1. The highest BCUT2D eigenvalue weighted by Crippen LogP contribution is 2.27. The van der Waals surface area contributed by atoms with Crippen LogP contribution in [0.25, 0.3) is 22.6 Å². The van der Waals surface area contributed by atoms with Crippen LogP contribution in [0.2, 0.25) is 0 Å². The van der Waals surface area contributed by atoms with Gasteiger partial charge in [0.25, 0.3) is 0 Å². The van der Waals surface area contributed by atoms with Crippen LogP contribution in [0, 0.1) is 19.7 Å². The van der Waals surface area contributed by atoms with E-state index in [4.69, 9.17) is 4.74 Å². The number of nitrogens with zero attached hydrogens (tertiary/aromatic N) is 7. The lowest BCUT2D eigenvalue weighted by molar-refractivity contribution is 0.396. The van der Waals surface area contributed by atoms with Gasteiger partial charge in [-0.3, -0.25) is 4.98 Å². The van der Waals surface area contributed by atoms with E-state index < -0.39 is 0 Å². The molecule has 0 unspecified atom stereocenters. The predicted octanol–water partition coefficient (Wildman–Crippen LogP) is 4.30. The van der Waals surface area contributed by atoms with E-state index in [-0.39, 0.29) is 18.2 Å². The monoisotopic (exact) mass is 466 g/mol. The van der Waals surface area contributed by atoms with Crippen LogP contribution in [0.4, 0.5) is 16.2 Å². The van der Waals surface area contributed by atoms with Gasteiger partial charge in [-0.2, -0.15) is 9.97 Å².